The predicted molar refractivity (Wildman–Crippen MR) is 51.9 cm³/mol. The Morgan fingerprint density at radius 2 is 2.29 bits per heavy atom. The molecule has 0 fully saturated rings. The third-order valence-electron chi connectivity index (χ3n) is 2.33. The summed E-state index contributed by atoms with van der Waals surface area (Å²) in [4.78, 5) is 12.8. The number of aromatic nitrogens is 2. The first-order chi connectivity index (χ1) is 6.61. The summed E-state index contributed by atoms with van der Waals surface area (Å²) < 4.78 is 1.59. The van der Waals surface area contributed by atoms with Crippen LogP contribution in [0.25, 0.3) is 0 Å². The molecule has 76 valence electrons. The maximum atomic E-state index is 10.9. The Morgan fingerprint density at radius 1 is 1.57 bits per heavy atom. The van der Waals surface area contributed by atoms with E-state index in [4.69, 9.17) is 5.11 Å². The molecule has 0 spiro atoms. The number of nitrogens with zero attached hydrogens (tertiary/aromatic N) is 3. The number of nitrogens with one attached hydrogen (secondary N) is 1. The largest absolute Gasteiger partial charge is 0.476 e. The van der Waals surface area contributed by atoms with Crippen LogP contribution in [0.2, 0.25) is 0 Å². The number of hydrogen-bond donors (Lipinski definition) is 2. The van der Waals surface area contributed by atoms with E-state index in [-0.39, 0.29) is 5.69 Å². The van der Waals surface area contributed by atoms with Gasteiger partial charge in [0.2, 0.25) is 0 Å². The van der Waals surface area contributed by atoms with Crippen molar-refractivity contribution in [3.63, 3.8) is 0 Å². The first-order valence-electron chi connectivity index (χ1n) is 4.36. The Labute approximate surface area is 81.1 Å². The van der Waals surface area contributed by atoms with Gasteiger partial charge in [-0.05, 0) is 0 Å². The van der Waals surface area contributed by atoms with Crippen LogP contribution < -0.4 is 10.2 Å². The van der Waals surface area contributed by atoms with Crippen LogP contribution in [0.15, 0.2) is 0 Å². The third-order valence-corrected chi connectivity index (χ3v) is 2.33. The smallest absolute Gasteiger partial charge is 0.358 e. The van der Waals surface area contributed by atoms with Crippen molar-refractivity contribution >= 4 is 17.5 Å². The molecule has 1 aliphatic heterocycles. The number of likely N-dealkylation sites (N-methyl/N-ethyl adjacent to an activating group) is 1. The van der Waals surface area contributed by atoms with Crippen LogP contribution >= 0.6 is 0 Å². The van der Waals surface area contributed by atoms with Gasteiger partial charge in [-0.3, -0.25) is 0 Å². The molecule has 1 aliphatic rings. The fourth-order valence-corrected chi connectivity index (χ4v) is 1.72. The molecular formula is C8H12N4O2. The summed E-state index contributed by atoms with van der Waals surface area (Å²) in [6.45, 7) is 1.60. The van der Waals surface area contributed by atoms with Crippen molar-refractivity contribution in [1.82, 2.24) is 9.78 Å². The van der Waals surface area contributed by atoms with Gasteiger partial charge in [-0.1, -0.05) is 0 Å². The molecule has 0 unspecified atom stereocenters. The van der Waals surface area contributed by atoms with Gasteiger partial charge in [-0.2, -0.15) is 5.10 Å². The maximum Gasteiger partial charge on any atom is 0.358 e. The van der Waals surface area contributed by atoms with Crippen molar-refractivity contribution in [3.05, 3.63) is 5.69 Å². The van der Waals surface area contributed by atoms with E-state index in [9.17, 15) is 4.79 Å². The molecule has 0 aliphatic carbocycles. The standard InChI is InChI=1S/C8H12N4O2/c1-11-4-3-9-5-6(8(13)14)10-12(2)7(5)11/h9H,3-4H2,1-2H3,(H,13,14). The summed E-state index contributed by atoms with van der Waals surface area (Å²) in [7, 11) is 3.67. The molecular weight excluding hydrogens is 184 g/mol. The number of aryl methyl sites for hydroxylation is 1. The average molecular weight is 196 g/mol. The predicted octanol–water partition coefficient (Wildman–Crippen LogP) is -0.0200. The molecule has 2 heterocycles. The zero-order valence-electron chi connectivity index (χ0n) is 8.11. The van der Waals surface area contributed by atoms with Gasteiger partial charge in [0.15, 0.2) is 11.5 Å². The number of fused-ring (bicyclic) bond motifs is 1. The lowest BCUT2D eigenvalue weighted by atomic mass is 10.3. The fourth-order valence-electron chi connectivity index (χ4n) is 1.72. The second-order valence-electron chi connectivity index (χ2n) is 3.32. The molecule has 2 N–H and O–H groups in total. The number of hydrogen-bond acceptors (Lipinski definition) is 4. The molecule has 0 aromatic carbocycles. The van der Waals surface area contributed by atoms with E-state index >= 15 is 0 Å². The molecule has 6 heteroatoms. The second kappa shape index (κ2) is 2.90. The number of carboxylic acids is 1. The minimum absolute atomic E-state index is 0.0917. The normalized spacial score (nSPS) is 14.9. The van der Waals surface area contributed by atoms with Crippen molar-refractivity contribution in [3.8, 4) is 0 Å². The second-order valence-corrected chi connectivity index (χ2v) is 3.32. The molecule has 14 heavy (non-hydrogen) atoms. The summed E-state index contributed by atoms with van der Waals surface area (Å²) in [6.07, 6.45) is 0. The Bertz CT molecular complexity index is 385. The Hall–Kier alpha value is -1.72. The van der Waals surface area contributed by atoms with Gasteiger partial charge in [0.25, 0.3) is 0 Å². The zero-order chi connectivity index (χ0) is 10.3. The first kappa shape index (κ1) is 8.86. The minimum atomic E-state index is -0.996. The Balaban J connectivity index is 2.57. The maximum absolute atomic E-state index is 10.9. The Kier molecular flexibility index (Phi) is 1.83. The van der Waals surface area contributed by atoms with Gasteiger partial charge in [-0.25, -0.2) is 9.48 Å². The third kappa shape index (κ3) is 1.11. The van der Waals surface area contributed by atoms with E-state index in [1.165, 1.54) is 0 Å². The van der Waals surface area contributed by atoms with E-state index in [2.05, 4.69) is 10.4 Å². The topological polar surface area (TPSA) is 70.4 Å². The molecule has 0 amide bonds. The van der Waals surface area contributed by atoms with E-state index in [0.717, 1.165) is 18.9 Å². The highest BCUT2D eigenvalue weighted by atomic mass is 16.4. The SMILES string of the molecule is CN1CCNc2c(C(=O)O)nn(C)c21. The number of rotatable bonds is 1. The lowest BCUT2D eigenvalue weighted by Crippen LogP contribution is -2.31. The summed E-state index contributed by atoms with van der Waals surface area (Å²) in [5.41, 5.74) is 0.711. The molecule has 0 saturated carbocycles. The number of carboxylic acid groups (broad SMARTS) is 1. The molecule has 2 rings (SSSR count). The van der Waals surface area contributed by atoms with Crippen molar-refractivity contribution in [2.75, 3.05) is 30.4 Å². The van der Waals surface area contributed by atoms with Crippen LogP contribution in [0.3, 0.4) is 0 Å². The first-order valence-corrected chi connectivity index (χ1v) is 4.36. The summed E-state index contributed by atoms with van der Waals surface area (Å²) in [6, 6.07) is 0. The lowest BCUT2D eigenvalue weighted by molar-refractivity contribution is 0.0690. The highest BCUT2D eigenvalue weighted by molar-refractivity contribution is 5.96. The van der Waals surface area contributed by atoms with Crippen molar-refractivity contribution in [2.24, 2.45) is 7.05 Å². The average Bonchev–Trinajstić information content (AvgIpc) is 2.45. The summed E-state index contributed by atoms with van der Waals surface area (Å²) >= 11 is 0. The monoisotopic (exact) mass is 196 g/mol. The molecule has 1 aromatic heterocycles. The molecule has 6 nitrogen and oxygen atoms in total. The molecule has 1 aromatic rings. The van der Waals surface area contributed by atoms with E-state index in [1.807, 2.05) is 11.9 Å². The van der Waals surface area contributed by atoms with Crippen LogP contribution in [0.1, 0.15) is 10.5 Å². The zero-order valence-corrected chi connectivity index (χ0v) is 8.11. The van der Waals surface area contributed by atoms with E-state index in [1.54, 1.807) is 11.7 Å². The molecule has 0 bridgehead atoms. The van der Waals surface area contributed by atoms with Crippen molar-refractivity contribution in [2.45, 2.75) is 0 Å². The fraction of sp³-hybridized carbons (Fsp3) is 0.500. The van der Waals surface area contributed by atoms with Gasteiger partial charge in [0.1, 0.15) is 5.69 Å². The molecule has 0 saturated heterocycles. The van der Waals surface area contributed by atoms with Crippen LogP contribution in [-0.4, -0.2) is 41.0 Å². The van der Waals surface area contributed by atoms with Crippen LogP contribution in [-0.2, 0) is 7.05 Å². The van der Waals surface area contributed by atoms with Crippen molar-refractivity contribution < 1.29 is 9.90 Å². The van der Waals surface area contributed by atoms with Gasteiger partial charge in [0.05, 0.1) is 0 Å². The minimum Gasteiger partial charge on any atom is -0.476 e. The van der Waals surface area contributed by atoms with E-state index in [0.29, 0.717) is 5.69 Å². The summed E-state index contributed by atoms with van der Waals surface area (Å²) in [5, 5.41) is 15.9. The van der Waals surface area contributed by atoms with Crippen molar-refractivity contribution in [1.29, 1.82) is 0 Å². The van der Waals surface area contributed by atoms with Gasteiger partial charge < -0.3 is 15.3 Å². The molecule has 0 atom stereocenters. The number of carbonyl (C=O) groups is 1. The van der Waals surface area contributed by atoms with Crippen LogP contribution in [0.5, 0.6) is 0 Å². The van der Waals surface area contributed by atoms with Gasteiger partial charge >= 0.3 is 5.97 Å². The Morgan fingerprint density at radius 3 is 2.93 bits per heavy atom. The number of aromatic carboxylic acids is 1. The quantitative estimate of drug-likeness (QED) is 0.660. The van der Waals surface area contributed by atoms with Crippen LogP contribution in [0, 0.1) is 0 Å². The highest BCUT2D eigenvalue weighted by Crippen LogP contribution is 2.30. The molecule has 0 radical (unpaired) electrons. The van der Waals surface area contributed by atoms with E-state index < -0.39 is 5.97 Å². The highest BCUT2D eigenvalue weighted by Gasteiger charge is 2.25. The lowest BCUT2D eigenvalue weighted by Gasteiger charge is -2.26. The summed E-state index contributed by atoms with van der Waals surface area (Å²) in [5.74, 6) is -0.168. The van der Waals surface area contributed by atoms with Gasteiger partial charge in [-0.15, -0.1) is 0 Å². The number of anilines is 2. The van der Waals surface area contributed by atoms with Crippen LogP contribution in [0.4, 0.5) is 11.5 Å². The van der Waals surface area contributed by atoms with Gasteiger partial charge in [0, 0.05) is 27.2 Å².